The van der Waals surface area contributed by atoms with Crippen molar-refractivity contribution in [1.82, 2.24) is 4.98 Å². The first-order valence-electron chi connectivity index (χ1n) is 6.15. The van der Waals surface area contributed by atoms with Gasteiger partial charge in [-0.3, -0.25) is 0 Å². The topological polar surface area (TPSA) is 38.9 Å². The molecule has 4 heteroatoms. The minimum Gasteiger partial charge on any atom is -0.329 e. The van der Waals surface area contributed by atoms with Gasteiger partial charge in [0, 0.05) is 27.4 Å². The third-order valence-electron chi connectivity index (χ3n) is 3.78. The van der Waals surface area contributed by atoms with Gasteiger partial charge in [-0.05, 0) is 25.0 Å². The van der Waals surface area contributed by atoms with Gasteiger partial charge in [0.1, 0.15) is 5.01 Å². The number of hydrogen-bond acceptors (Lipinski definition) is 3. The molecule has 0 atom stereocenters. The van der Waals surface area contributed by atoms with E-state index in [4.69, 9.17) is 10.7 Å². The Bertz CT molecular complexity index is 555. The van der Waals surface area contributed by atoms with Crippen molar-refractivity contribution in [2.75, 3.05) is 6.54 Å². The molecule has 0 spiro atoms. The molecule has 1 aromatic carbocycles. The highest BCUT2D eigenvalue weighted by Gasteiger charge is 2.39. The van der Waals surface area contributed by atoms with Gasteiger partial charge in [-0.1, -0.05) is 34.5 Å². The summed E-state index contributed by atoms with van der Waals surface area (Å²) in [6.07, 6.45) is 3.66. The summed E-state index contributed by atoms with van der Waals surface area (Å²) in [5.74, 6) is 0. The molecule has 0 amide bonds. The van der Waals surface area contributed by atoms with Crippen molar-refractivity contribution in [3.63, 3.8) is 0 Å². The molecule has 1 aliphatic carbocycles. The number of halogens is 1. The van der Waals surface area contributed by atoms with E-state index in [1.54, 1.807) is 11.3 Å². The van der Waals surface area contributed by atoms with Crippen LogP contribution in [0.4, 0.5) is 0 Å². The number of hydrogen-bond donors (Lipinski definition) is 1. The van der Waals surface area contributed by atoms with Crippen molar-refractivity contribution >= 4 is 27.3 Å². The van der Waals surface area contributed by atoms with Crippen LogP contribution in [0.25, 0.3) is 11.3 Å². The fourth-order valence-corrected chi connectivity index (χ4v) is 3.91. The van der Waals surface area contributed by atoms with Crippen LogP contribution in [-0.4, -0.2) is 11.5 Å². The van der Waals surface area contributed by atoms with E-state index in [9.17, 15) is 0 Å². The van der Waals surface area contributed by atoms with Crippen molar-refractivity contribution in [2.24, 2.45) is 5.73 Å². The fourth-order valence-electron chi connectivity index (χ4n) is 2.41. The summed E-state index contributed by atoms with van der Waals surface area (Å²) < 4.78 is 1.09. The van der Waals surface area contributed by atoms with Crippen LogP contribution < -0.4 is 5.73 Å². The molecule has 0 saturated heterocycles. The van der Waals surface area contributed by atoms with Crippen LogP contribution in [0.3, 0.4) is 0 Å². The molecule has 3 rings (SSSR count). The lowest BCUT2D eigenvalue weighted by atomic mass is 9.69. The summed E-state index contributed by atoms with van der Waals surface area (Å²) in [5.41, 5.74) is 8.34. The summed E-state index contributed by atoms with van der Waals surface area (Å²) in [5, 5.41) is 3.36. The summed E-state index contributed by atoms with van der Waals surface area (Å²) in [6, 6.07) is 8.28. The highest BCUT2D eigenvalue weighted by atomic mass is 79.9. The van der Waals surface area contributed by atoms with Gasteiger partial charge in [-0.15, -0.1) is 11.3 Å². The van der Waals surface area contributed by atoms with Crippen LogP contribution in [0.1, 0.15) is 24.3 Å². The van der Waals surface area contributed by atoms with E-state index in [2.05, 4.69) is 33.4 Å². The Morgan fingerprint density at radius 3 is 2.83 bits per heavy atom. The second-order valence-corrected chi connectivity index (χ2v) is 6.66. The molecular weight excluding hydrogens is 308 g/mol. The molecule has 2 N–H and O–H groups in total. The number of benzene rings is 1. The van der Waals surface area contributed by atoms with Crippen LogP contribution in [-0.2, 0) is 5.41 Å². The van der Waals surface area contributed by atoms with E-state index in [-0.39, 0.29) is 5.41 Å². The van der Waals surface area contributed by atoms with Crippen molar-refractivity contribution in [1.29, 1.82) is 0 Å². The summed E-state index contributed by atoms with van der Waals surface area (Å²) in [7, 11) is 0. The number of rotatable bonds is 3. The third-order valence-corrected chi connectivity index (χ3v) is 5.36. The predicted molar refractivity (Wildman–Crippen MR) is 79.8 cm³/mol. The Balaban J connectivity index is 1.94. The van der Waals surface area contributed by atoms with Gasteiger partial charge in [-0.2, -0.15) is 0 Å². The quantitative estimate of drug-likeness (QED) is 0.929. The average molecular weight is 323 g/mol. The van der Waals surface area contributed by atoms with E-state index >= 15 is 0 Å². The molecule has 0 unspecified atom stereocenters. The van der Waals surface area contributed by atoms with Gasteiger partial charge in [-0.25, -0.2) is 4.98 Å². The largest absolute Gasteiger partial charge is 0.329 e. The SMILES string of the molecule is NCC1(c2nc(-c3cccc(Br)c3)cs2)CCC1. The number of aromatic nitrogens is 1. The molecule has 1 aromatic heterocycles. The Morgan fingerprint density at radius 2 is 2.22 bits per heavy atom. The zero-order valence-corrected chi connectivity index (χ0v) is 12.4. The smallest absolute Gasteiger partial charge is 0.101 e. The van der Waals surface area contributed by atoms with Gasteiger partial charge < -0.3 is 5.73 Å². The second-order valence-electron chi connectivity index (χ2n) is 4.89. The molecule has 1 fully saturated rings. The fraction of sp³-hybridized carbons (Fsp3) is 0.357. The van der Waals surface area contributed by atoms with Crippen LogP contribution in [0.15, 0.2) is 34.1 Å². The molecule has 0 bridgehead atoms. The van der Waals surface area contributed by atoms with Crippen LogP contribution in [0, 0.1) is 0 Å². The van der Waals surface area contributed by atoms with Gasteiger partial charge in [0.15, 0.2) is 0 Å². The van der Waals surface area contributed by atoms with Crippen molar-refractivity contribution in [3.05, 3.63) is 39.1 Å². The van der Waals surface area contributed by atoms with Crippen molar-refractivity contribution in [3.8, 4) is 11.3 Å². The molecule has 1 heterocycles. The highest BCUT2D eigenvalue weighted by Crippen LogP contribution is 2.44. The molecule has 94 valence electrons. The molecule has 2 nitrogen and oxygen atoms in total. The molecule has 1 saturated carbocycles. The van der Waals surface area contributed by atoms with E-state index in [0.717, 1.165) is 16.7 Å². The second kappa shape index (κ2) is 4.76. The van der Waals surface area contributed by atoms with Gasteiger partial charge in [0.2, 0.25) is 0 Å². The first-order valence-corrected chi connectivity index (χ1v) is 7.83. The Kier molecular flexibility index (Phi) is 3.26. The third kappa shape index (κ3) is 2.02. The standard InChI is InChI=1S/C14H15BrN2S/c15-11-4-1-3-10(7-11)12-8-18-13(17-12)14(9-16)5-2-6-14/h1,3-4,7-8H,2,5-6,9,16H2. The Labute approximate surface area is 119 Å². The van der Waals surface area contributed by atoms with E-state index in [1.807, 2.05) is 12.1 Å². The lowest BCUT2D eigenvalue weighted by Gasteiger charge is -2.38. The zero-order valence-electron chi connectivity index (χ0n) is 10.0. The minimum atomic E-state index is 0.176. The maximum atomic E-state index is 5.93. The highest BCUT2D eigenvalue weighted by molar-refractivity contribution is 9.10. The maximum Gasteiger partial charge on any atom is 0.101 e. The molecule has 0 aliphatic heterocycles. The van der Waals surface area contributed by atoms with Gasteiger partial charge in [0.25, 0.3) is 0 Å². The number of thiazole rings is 1. The van der Waals surface area contributed by atoms with Gasteiger partial charge in [0.05, 0.1) is 5.69 Å². The van der Waals surface area contributed by atoms with Gasteiger partial charge >= 0.3 is 0 Å². The van der Waals surface area contributed by atoms with Crippen molar-refractivity contribution < 1.29 is 0 Å². The Hall–Kier alpha value is -0.710. The van der Waals surface area contributed by atoms with E-state index < -0.39 is 0 Å². The van der Waals surface area contributed by atoms with Crippen LogP contribution in [0.5, 0.6) is 0 Å². The maximum absolute atomic E-state index is 5.93. The molecular formula is C14H15BrN2S. The van der Waals surface area contributed by atoms with Crippen LogP contribution >= 0.6 is 27.3 Å². The first kappa shape index (κ1) is 12.3. The molecule has 18 heavy (non-hydrogen) atoms. The first-order chi connectivity index (χ1) is 8.73. The minimum absolute atomic E-state index is 0.176. The molecule has 1 aliphatic rings. The monoisotopic (exact) mass is 322 g/mol. The van der Waals surface area contributed by atoms with E-state index in [1.165, 1.54) is 29.8 Å². The summed E-state index contributed by atoms with van der Waals surface area (Å²) >= 11 is 5.25. The molecule has 0 radical (unpaired) electrons. The average Bonchev–Trinajstić information content (AvgIpc) is 2.78. The predicted octanol–water partition coefficient (Wildman–Crippen LogP) is 3.95. The normalized spacial score (nSPS) is 17.4. The molecule has 2 aromatic rings. The van der Waals surface area contributed by atoms with E-state index in [0.29, 0.717) is 0 Å². The summed E-state index contributed by atoms with van der Waals surface area (Å²) in [6.45, 7) is 0.721. The summed E-state index contributed by atoms with van der Waals surface area (Å²) in [4.78, 5) is 4.80. The Morgan fingerprint density at radius 1 is 1.39 bits per heavy atom. The lowest BCUT2D eigenvalue weighted by Crippen LogP contribution is -2.41. The number of nitrogens with two attached hydrogens (primary N) is 1. The zero-order chi connectivity index (χ0) is 12.6. The lowest BCUT2D eigenvalue weighted by molar-refractivity contribution is 0.252. The number of nitrogens with zero attached hydrogens (tertiary/aromatic N) is 1. The van der Waals surface area contributed by atoms with Crippen LogP contribution in [0.2, 0.25) is 0 Å². The van der Waals surface area contributed by atoms with Crippen molar-refractivity contribution in [2.45, 2.75) is 24.7 Å².